The van der Waals surface area contributed by atoms with Crippen molar-refractivity contribution in [3.05, 3.63) is 59.7 Å². The summed E-state index contributed by atoms with van der Waals surface area (Å²) >= 11 is 0. The Balaban J connectivity index is 1.42. The van der Waals surface area contributed by atoms with Crippen LogP contribution in [-0.2, 0) is 22.4 Å². The molecular weight excluding hydrogens is 426 g/mol. The molecule has 0 unspecified atom stereocenters. The predicted octanol–water partition coefficient (Wildman–Crippen LogP) is 5.84. The van der Waals surface area contributed by atoms with Crippen molar-refractivity contribution in [3.63, 3.8) is 0 Å². The van der Waals surface area contributed by atoms with Gasteiger partial charge < -0.3 is 14.2 Å². The van der Waals surface area contributed by atoms with Gasteiger partial charge in [0.05, 0.1) is 13.7 Å². The van der Waals surface area contributed by atoms with Crippen LogP contribution in [0.2, 0.25) is 0 Å². The Bertz CT molecular complexity index is 884. The van der Waals surface area contributed by atoms with E-state index >= 15 is 0 Å². The van der Waals surface area contributed by atoms with Gasteiger partial charge in [-0.05, 0) is 62.1 Å². The molecule has 34 heavy (non-hydrogen) atoms. The van der Waals surface area contributed by atoms with Crippen molar-refractivity contribution in [1.82, 2.24) is 4.90 Å². The fraction of sp³-hybridized carbons (Fsp3) is 0.552. The largest absolute Gasteiger partial charge is 0.497 e. The van der Waals surface area contributed by atoms with Crippen molar-refractivity contribution in [2.75, 3.05) is 27.3 Å². The Kier molecular flexibility index (Phi) is 10.7. The number of ether oxygens (including phenoxy) is 3. The maximum atomic E-state index is 12.1. The first-order valence-electron chi connectivity index (χ1n) is 12.8. The number of aryl methyl sites for hydroxylation is 2. The molecule has 0 aromatic heterocycles. The second kappa shape index (κ2) is 14.0. The molecule has 1 fully saturated rings. The lowest BCUT2D eigenvalue weighted by Gasteiger charge is -2.19. The van der Waals surface area contributed by atoms with E-state index in [0.717, 1.165) is 56.6 Å². The molecule has 5 nitrogen and oxygen atoms in total. The summed E-state index contributed by atoms with van der Waals surface area (Å²) in [5, 5.41) is 0. The first-order chi connectivity index (χ1) is 16.6. The minimum Gasteiger partial charge on any atom is -0.497 e. The molecule has 0 radical (unpaired) electrons. The average Bonchev–Trinajstić information content (AvgIpc) is 3.19. The number of esters is 1. The van der Waals surface area contributed by atoms with Gasteiger partial charge in [-0.3, -0.25) is 9.69 Å². The molecule has 0 spiro atoms. The molecule has 1 aliphatic rings. The standard InChI is InChI=1S/C29H41NO4/c1-4-5-6-7-15-29(31)34-27-21-25(30(2)22-27)18-19-33-28-14-9-8-12-24(28)17-16-23-11-10-13-26(20-23)32-3/h8-14,20,25,27H,4-7,15-19,21-22H2,1-3H3/t25-,27-/m1/s1. The maximum Gasteiger partial charge on any atom is 0.306 e. The number of carbonyl (C=O) groups is 1. The van der Waals surface area contributed by atoms with E-state index in [1.54, 1.807) is 7.11 Å². The third-order valence-electron chi connectivity index (χ3n) is 6.68. The quantitative estimate of drug-likeness (QED) is 0.258. The van der Waals surface area contributed by atoms with E-state index < -0.39 is 0 Å². The molecule has 186 valence electrons. The number of likely N-dealkylation sites (tertiary alicyclic amines) is 1. The highest BCUT2D eigenvalue weighted by Crippen LogP contribution is 2.25. The smallest absolute Gasteiger partial charge is 0.306 e. The Morgan fingerprint density at radius 1 is 1.06 bits per heavy atom. The molecule has 1 heterocycles. The zero-order valence-corrected chi connectivity index (χ0v) is 21.1. The van der Waals surface area contributed by atoms with Crippen LogP contribution in [0, 0.1) is 0 Å². The summed E-state index contributed by atoms with van der Waals surface area (Å²) in [6.45, 7) is 3.64. The summed E-state index contributed by atoms with van der Waals surface area (Å²) in [5.74, 6) is 1.81. The molecule has 0 amide bonds. The number of para-hydroxylation sites is 1. The van der Waals surface area contributed by atoms with Crippen LogP contribution in [0.4, 0.5) is 0 Å². The van der Waals surface area contributed by atoms with Crippen LogP contribution in [0.5, 0.6) is 11.5 Å². The third-order valence-corrected chi connectivity index (χ3v) is 6.68. The Morgan fingerprint density at radius 3 is 2.74 bits per heavy atom. The van der Waals surface area contributed by atoms with Crippen LogP contribution >= 0.6 is 0 Å². The van der Waals surface area contributed by atoms with Crippen molar-refractivity contribution in [3.8, 4) is 11.5 Å². The van der Waals surface area contributed by atoms with Gasteiger partial charge in [0.1, 0.15) is 17.6 Å². The van der Waals surface area contributed by atoms with Crippen molar-refractivity contribution < 1.29 is 19.0 Å². The first kappa shape index (κ1) is 26.1. The lowest BCUT2D eigenvalue weighted by atomic mass is 10.0. The van der Waals surface area contributed by atoms with Gasteiger partial charge in [0, 0.05) is 25.4 Å². The van der Waals surface area contributed by atoms with Crippen LogP contribution in [0.25, 0.3) is 0 Å². The third kappa shape index (κ3) is 8.35. The van der Waals surface area contributed by atoms with Gasteiger partial charge in [-0.2, -0.15) is 0 Å². The molecule has 2 aromatic carbocycles. The number of benzene rings is 2. The monoisotopic (exact) mass is 467 g/mol. The fourth-order valence-electron chi connectivity index (χ4n) is 4.66. The maximum absolute atomic E-state index is 12.1. The molecule has 2 aromatic rings. The molecule has 0 saturated carbocycles. The molecule has 2 atom stereocenters. The zero-order valence-electron chi connectivity index (χ0n) is 21.1. The molecule has 3 rings (SSSR count). The van der Waals surface area contributed by atoms with E-state index in [1.807, 2.05) is 18.2 Å². The molecule has 0 aliphatic carbocycles. The number of hydrogen-bond donors (Lipinski definition) is 0. The highest BCUT2D eigenvalue weighted by atomic mass is 16.5. The predicted molar refractivity (Wildman–Crippen MR) is 137 cm³/mol. The molecule has 0 N–H and O–H groups in total. The summed E-state index contributed by atoms with van der Waals surface area (Å²) in [6.07, 6.45) is 8.62. The van der Waals surface area contributed by atoms with Gasteiger partial charge in [-0.25, -0.2) is 0 Å². The average molecular weight is 468 g/mol. The zero-order chi connectivity index (χ0) is 24.2. The molecular formula is C29H41NO4. The van der Waals surface area contributed by atoms with Crippen molar-refractivity contribution in [1.29, 1.82) is 0 Å². The fourth-order valence-corrected chi connectivity index (χ4v) is 4.66. The highest BCUT2D eigenvalue weighted by molar-refractivity contribution is 5.69. The summed E-state index contributed by atoms with van der Waals surface area (Å²) < 4.78 is 17.3. The van der Waals surface area contributed by atoms with Gasteiger partial charge in [-0.15, -0.1) is 0 Å². The van der Waals surface area contributed by atoms with E-state index in [9.17, 15) is 4.79 Å². The molecule has 5 heteroatoms. The SMILES string of the molecule is CCCCCCC(=O)O[C@@H]1C[C@@H](CCOc2ccccc2CCc2cccc(OC)c2)N(C)C1. The Labute approximate surface area is 205 Å². The number of rotatable bonds is 14. The van der Waals surface area contributed by atoms with Crippen molar-refractivity contribution >= 4 is 5.97 Å². The van der Waals surface area contributed by atoms with Gasteiger partial charge in [-0.1, -0.05) is 56.5 Å². The Morgan fingerprint density at radius 2 is 1.91 bits per heavy atom. The second-order valence-corrected chi connectivity index (χ2v) is 9.35. The van der Waals surface area contributed by atoms with Gasteiger partial charge >= 0.3 is 5.97 Å². The summed E-state index contributed by atoms with van der Waals surface area (Å²) in [4.78, 5) is 14.4. The van der Waals surface area contributed by atoms with E-state index in [1.165, 1.54) is 24.0 Å². The van der Waals surface area contributed by atoms with E-state index in [0.29, 0.717) is 19.1 Å². The van der Waals surface area contributed by atoms with E-state index in [-0.39, 0.29) is 12.1 Å². The van der Waals surface area contributed by atoms with Gasteiger partial charge in [0.2, 0.25) is 0 Å². The second-order valence-electron chi connectivity index (χ2n) is 9.35. The van der Waals surface area contributed by atoms with Crippen LogP contribution in [0.1, 0.15) is 63.0 Å². The van der Waals surface area contributed by atoms with Crippen LogP contribution in [0.15, 0.2) is 48.5 Å². The normalized spacial score (nSPS) is 18.1. The molecule has 0 bridgehead atoms. The van der Waals surface area contributed by atoms with Crippen molar-refractivity contribution in [2.45, 2.75) is 76.9 Å². The van der Waals surface area contributed by atoms with Crippen LogP contribution in [-0.4, -0.2) is 50.3 Å². The number of nitrogens with zero attached hydrogens (tertiary/aromatic N) is 1. The minimum absolute atomic E-state index is 0.00354. The van der Waals surface area contributed by atoms with Crippen molar-refractivity contribution in [2.24, 2.45) is 0 Å². The van der Waals surface area contributed by atoms with Crippen LogP contribution < -0.4 is 9.47 Å². The Hall–Kier alpha value is -2.53. The lowest BCUT2D eigenvalue weighted by Crippen LogP contribution is -2.27. The topological polar surface area (TPSA) is 48.0 Å². The molecule has 1 saturated heterocycles. The van der Waals surface area contributed by atoms with E-state index in [4.69, 9.17) is 14.2 Å². The number of hydrogen-bond acceptors (Lipinski definition) is 5. The number of likely N-dealkylation sites (N-methyl/N-ethyl adjacent to an activating group) is 1. The number of unbranched alkanes of at least 4 members (excludes halogenated alkanes) is 3. The van der Waals surface area contributed by atoms with Gasteiger partial charge in [0.15, 0.2) is 0 Å². The lowest BCUT2D eigenvalue weighted by molar-refractivity contribution is -0.148. The number of carbonyl (C=O) groups excluding carboxylic acids is 1. The van der Waals surface area contributed by atoms with E-state index in [2.05, 4.69) is 49.2 Å². The minimum atomic E-state index is -0.0450. The summed E-state index contributed by atoms with van der Waals surface area (Å²) in [5.41, 5.74) is 2.48. The highest BCUT2D eigenvalue weighted by Gasteiger charge is 2.31. The molecule has 1 aliphatic heterocycles. The summed E-state index contributed by atoms with van der Waals surface area (Å²) in [6, 6.07) is 16.9. The number of methoxy groups -OCH3 is 1. The first-order valence-corrected chi connectivity index (χ1v) is 12.8. The van der Waals surface area contributed by atoms with Gasteiger partial charge in [0.25, 0.3) is 0 Å². The van der Waals surface area contributed by atoms with Crippen LogP contribution in [0.3, 0.4) is 0 Å². The summed E-state index contributed by atoms with van der Waals surface area (Å²) in [7, 11) is 3.81.